The lowest BCUT2D eigenvalue weighted by Crippen LogP contribution is -2.20. The number of hydrogen-bond donors (Lipinski definition) is 0. The number of aromatic nitrogens is 1. The van der Waals surface area contributed by atoms with Crippen LogP contribution in [0.1, 0.15) is 28.8 Å². The lowest BCUT2D eigenvalue weighted by Gasteiger charge is -2.15. The Morgan fingerprint density at radius 1 is 1.05 bits per heavy atom. The first kappa shape index (κ1) is 13.5. The van der Waals surface area contributed by atoms with Crippen LogP contribution in [0, 0.1) is 0 Å². The minimum atomic E-state index is -0.380. The van der Waals surface area contributed by atoms with Gasteiger partial charge in [0.05, 0.1) is 10.9 Å². The zero-order valence-electron chi connectivity index (χ0n) is 11.9. The van der Waals surface area contributed by atoms with Crippen LogP contribution in [-0.2, 0) is 5.41 Å². The van der Waals surface area contributed by atoms with Gasteiger partial charge in [-0.25, -0.2) is 0 Å². The SMILES string of the molecule is O=C(c1cnc2ccccc2c1)C1(c2ccc(Cl)cc2)CC1. The van der Waals surface area contributed by atoms with Crippen molar-refractivity contribution in [1.29, 1.82) is 0 Å². The van der Waals surface area contributed by atoms with Crippen molar-refractivity contribution >= 4 is 28.3 Å². The predicted octanol–water partition coefficient (Wildman–Crippen LogP) is 4.80. The molecule has 2 aromatic carbocycles. The van der Waals surface area contributed by atoms with Gasteiger partial charge >= 0.3 is 0 Å². The first-order chi connectivity index (χ1) is 10.7. The molecule has 108 valence electrons. The highest BCUT2D eigenvalue weighted by molar-refractivity contribution is 6.30. The van der Waals surface area contributed by atoms with E-state index in [0.717, 1.165) is 29.3 Å². The summed E-state index contributed by atoms with van der Waals surface area (Å²) in [5, 5.41) is 1.69. The summed E-state index contributed by atoms with van der Waals surface area (Å²) in [6.07, 6.45) is 3.47. The molecule has 1 heterocycles. The van der Waals surface area contributed by atoms with Gasteiger partial charge < -0.3 is 0 Å². The molecule has 2 nitrogen and oxygen atoms in total. The number of Topliss-reactive ketones (excluding diaryl/α,β-unsaturated/α-hetero) is 1. The molecule has 0 saturated heterocycles. The van der Waals surface area contributed by atoms with E-state index in [1.165, 1.54) is 0 Å². The Morgan fingerprint density at radius 3 is 2.50 bits per heavy atom. The van der Waals surface area contributed by atoms with Gasteiger partial charge in [-0.15, -0.1) is 0 Å². The van der Waals surface area contributed by atoms with Crippen LogP contribution in [0.15, 0.2) is 60.8 Å². The smallest absolute Gasteiger partial charge is 0.174 e. The van der Waals surface area contributed by atoms with Crippen LogP contribution < -0.4 is 0 Å². The number of halogens is 1. The van der Waals surface area contributed by atoms with Gasteiger partial charge in [-0.1, -0.05) is 41.9 Å². The fourth-order valence-corrected chi connectivity index (χ4v) is 3.14. The molecule has 0 radical (unpaired) electrons. The van der Waals surface area contributed by atoms with Gasteiger partial charge in [-0.3, -0.25) is 9.78 Å². The van der Waals surface area contributed by atoms with Gasteiger partial charge in [0.15, 0.2) is 5.78 Å². The molecule has 0 aliphatic heterocycles. The highest BCUT2D eigenvalue weighted by Gasteiger charge is 2.51. The van der Waals surface area contributed by atoms with E-state index in [9.17, 15) is 4.79 Å². The topological polar surface area (TPSA) is 30.0 Å². The second-order valence-electron chi connectivity index (χ2n) is 5.83. The third-order valence-corrected chi connectivity index (χ3v) is 4.69. The normalized spacial score (nSPS) is 15.7. The van der Waals surface area contributed by atoms with Gasteiger partial charge in [-0.05, 0) is 42.7 Å². The molecule has 4 rings (SSSR count). The Labute approximate surface area is 133 Å². The quantitative estimate of drug-likeness (QED) is 0.650. The van der Waals surface area contributed by atoms with E-state index in [2.05, 4.69) is 4.98 Å². The molecule has 0 amide bonds. The molecule has 0 N–H and O–H groups in total. The van der Waals surface area contributed by atoms with Crippen LogP contribution in [0.25, 0.3) is 10.9 Å². The largest absolute Gasteiger partial charge is 0.293 e. The number of carbonyl (C=O) groups is 1. The second-order valence-corrected chi connectivity index (χ2v) is 6.27. The number of pyridine rings is 1. The number of para-hydroxylation sites is 1. The van der Waals surface area contributed by atoms with Gasteiger partial charge in [0.2, 0.25) is 0 Å². The maximum Gasteiger partial charge on any atom is 0.174 e. The zero-order chi connectivity index (χ0) is 15.2. The molecule has 1 saturated carbocycles. The van der Waals surface area contributed by atoms with E-state index >= 15 is 0 Å². The number of fused-ring (bicyclic) bond motifs is 1. The molecule has 0 unspecified atom stereocenters. The maximum absolute atomic E-state index is 13.0. The van der Waals surface area contributed by atoms with Crippen LogP contribution in [-0.4, -0.2) is 10.8 Å². The summed E-state index contributed by atoms with van der Waals surface area (Å²) in [6, 6.07) is 17.4. The molecule has 3 aromatic rings. The van der Waals surface area contributed by atoms with Crippen molar-refractivity contribution in [3.8, 4) is 0 Å². The monoisotopic (exact) mass is 307 g/mol. The summed E-state index contributed by atoms with van der Waals surface area (Å²) in [7, 11) is 0. The molecular weight excluding hydrogens is 294 g/mol. The lowest BCUT2D eigenvalue weighted by molar-refractivity contribution is 0.0946. The number of rotatable bonds is 3. The molecule has 0 spiro atoms. The van der Waals surface area contributed by atoms with Gasteiger partial charge in [0.1, 0.15) is 0 Å². The predicted molar refractivity (Wildman–Crippen MR) is 88.4 cm³/mol. The highest BCUT2D eigenvalue weighted by atomic mass is 35.5. The zero-order valence-corrected chi connectivity index (χ0v) is 12.7. The molecule has 1 aliphatic carbocycles. The van der Waals surface area contributed by atoms with Crippen LogP contribution in [0.5, 0.6) is 0 Å². The van der Waals surface area contributed by atoms with Crippen LogP contribution in [0.4, 0.5) is 0 Å². The average molecular weight is 308 g/mol. The van der Waals surface area contributed by atoms with E-state index in [1.807, 2.05) is 54.6 Å². The molecule has 0 bridgehead atoms. The molecule has 3 heteroatoms. The lowest BCUT2D eigenvalue weighted by atomic mass is 9.88. The van der Waals surface area contributed by atoms with Crippen molar-refractivity contribution in [2.45, 2.75) is 18.3 Å². The van der Waals surface area contributed by atoms with Crippen molar-refractivity contribution in [2.75, 3.05) is 0 Å². The summed E-state index contributed by atoms with van der Waals surface area (Å²) < 4.78 is 0. The van der Waals surface area contributed by atoms with Gasteiger partial charge in [-0.2, -0.15) is 0 Å². The number of ketones is 1. The number of nitrogens with zero attached hydrogens (tertiary/aromatic N) is 1. The Hall–Kier alpha value is -2.19. The fraction of sp³-hybridized carbons (Fsp3) is 0.158. The van der Waals surface area contributed by atoms with Crippen LogP contribution >= 0.6 is 11.6 Å². The molecule has 0 atom stereocenters. The minimum Gasteiger partial charge on any atom is -0.293 e. The Morgan fingerprint density at radius 2 is 1.77 bits per heavy atom. The highest BCUT2D eigenvalue weighted by Crippen LogP contribution is 2.50. The van der Waals surface area contributed by atoms with E-state index in [1.54, 1.807) is 6.20 Å². The first-order valence-electron chi connectivity index (χ1n) is 7.35. The third-order valence-electron chi connectivity index (χ3n) is 4.43. The molecular formula is C19H14ClNO. The summed E-state index contributed by atoms with van der Waals surface area (Å²) in [6.45, 7) is 0. The minimum absolute atomic E-state index is 0.160. The first-order valence-corrected chi connectivity index (χ1v) is 7.72. The van der Waals surface area contributed by atoms with Gasteiger partial charge in [0, 0.05) is 22.2 Å². The third kappa shape index (κ3) is 2.11. The number of carbonyl (C=O) groups excluding carboxylic acids is 1. The van der Waals surface area contributed by atoms with Crippen molar-refractivity contribution in [3.63, 3.8) is 0 Å². The average Bonchev–Trinajstić information content (AvgIpc) is 3.36. The molecule has 1 fully saturated rings. The molecule has 1 aliphatic rings. The summed E-state index contributed by atoms with van der Waals surface area (Å²) >= 11 is 5.95. The Kier molecular flexibility index (Phi) is 3.02. The maximum atomic E-state index is 13.0. The summed E-state index contributed by atoms with van der Waals surface area (Å²) in [5.41, 5.74) is 2.27. The number of benzene rings is 2. The molecule has 22 heavy (non-hydrogen) atoms. The van der Waals surface area contributed by atoms with E-state index < -0.39 is 0 Å². The Bertz CT molecular complexity index is 866. The van der Waals surface area contributed by atoms with Crippen LogP contribution in [0.3, 0.4) is 0 Å². The van der Waals surface area contributed by atoms with Crippen molar-refractivity contribution in [2.24, 2.45) is 0 Å². The van der Waals surface area contributed by atoms with Crippen molar-refractivity contribution in [1.82, 2.24) is 4.98 Å². The second kappa shape index (κ2) is 4.92. The Balaban J connectivity index is 1.74. The van der Waals surface area contributed by atoms with Crippen LogP contribution in [0.2, 0.25) is 5.02 Å². The van der Waals surface area contributed by atoms with E-state index in [-0.39, 0.29) is 11.2 Å². The van der Waals surface area contributed by atoms with E-state index in [4.69, 9.17) is 11.6 Å². The molecule has 1 aromatic heterocycles. The fourth-order valence-electron chi connectivity index (χ4n) is 3.01. The van der Waals surface area contributed by atoms with Crippen molar-refractivity contribution in [3.05, 3.63) is 76.9 Å². The van der Waals surface area contributed by atoms with Crippen molar-refractivity contribution < 1.29 is 4.79 Å². The summed E-state index contributed by atoms with van der Waals surface area (Å²) in [4.78, 5) is 17.4. The van der Waals surface area contributed by atoms with E-state index in [0.29, 0.717) is 10.6 Å². The standard InChI is InChI=1S/C19H14ClNO/c20-16-7-5-15(6-8-16)19(9-10-19)18(22)14-11-13-3-1-2-4-17(13)21-12-14/h1-8,11-12H,9-10H2. The number of hydrogen-bond acceptors (Lipinski definition) is 2. The van der Waals surface area contributed by atoms with Gasteiger partial charge in [0.25, 0.3) is 0 Å². The summed E-state index contributed by atoms with van der Waals surface area (Å²) in [5.74, 6) is 0.160.